The van der Waals surface area contributed by atoms with Gasteiger partial charge >= 0.3 is 11.9 Å². The Bertz CT molecular complexity index is 2140. The van der Waals surface area contributed by atoms with Crippen LogP contribution in [0.3, 0.4) is 0 Å². The molecule has 1 aliphatic rings. The van der Waals surface area contributed by atoms with Crippen LogP contribution < -0.4 is 43.4 Å². The monoisotopic (exact) mass is 995 g/mol. The molecule has 0 aliphatic carbocycles. The number of amides is 7. The van der Waals surface area contributed by atoms with Gasteiger partial charge in [0.1, 0.15) is 35.9 Å². The third-order valence-electron chi connectivity index (χ3n) is 12.1. The Morgan fingerprint density at radius 1 is 0.887 bits per heavy atom. The molecule has 1 fully saturated rings. The maximum atomic E-state index is 14.3. The number of likely N-dealkylation sites (N-methyl/N-ethyl adjacent to an activating group) is 1. The average Bonchev–Trinajstić information content (AvgIpc) is 3.32. The van der Waals surface area contributed by atoms with Crippen molar-refractivity contribution in [3.8, 4) is 0 Å². The van der Waals surface area contributed by atoms with E-state index in [9.17, 15) is 53.4 Å². The second-order valence-electron chi connectivity index (χ2n) is 17.9. The molecule has 10 unspecified atom stereocenters. The molecule has 1 aromatic rings. The van der Waals surface area contributed by atoms with Crippen molar-refractivity contribution in [1.82, 2.24) is 36.8 Å². The van der Waals surface area contributed by atoms with Crippen LogP contribution in [0.5, 0.6) is 0 Å². The molecule has 22 nitrogen and oxygen atoms in total. The van der Waals surface area contributed by atoms with Crippen molar-refractivity contribution in [2.75, 3.05) is 20.7 Å². The predicted octanol–water partition coefficient (Wildman–Crippen LogP) is 0.763. The number of hydrogen-bond donors (Lipinski definition) is 10. The number of nitrogens with two attached hydrogens (primary N) is 2. The number of carboxylic acid groups (broad SMARTS) is 2. The van der Waals surface area contributed by atoms with Gasteiger partial charge in [0.2, 0.25) is 35.4 Å². The highest BCUT2D eigenvalue weighted by molar-refractivity contribution is 6.00. The largest absolute Gasteiger partial charge is 0.480 e. The van der Waals surface area contributed by atoms with E-state index in [1.54, 1.807) is 27.0 Å². The summed E-state index contributed by atoms with van der Waals surface area (Å²) in [5.41, 5.74) is 12.4. The summed E-state index contributed by atoms with van der Waals surface area (Å²) >= 11 is 0. The summed E-state index contributed by atoms with van der Waals surface area (Å²) in [6.45, 7) is 13.8. The molecule has 1 aliphatic heterocycles. The highest BCUT2D eigenvalue weighted by atomic mass is 16.5. The van der Waals surface area contributed by atoms with Gasteiger partial charge in [-0.25, -0.2) is 9.59 Å². The van der Waals surface area contributed by atoms with Crippen LogP contribution >= 0.6 is 0 Å². The van der Waals surface area contributed by atoms with Gasteiger partial charge in [0.25, 0.3) is 5.91 Å². The molecule has 0 radical (unpaired) electrons. The van der Waals surface area contributed by atoms with Crippen molar-refractivity contribution in [2.45, 2.75) is 135 Å². The number of ether oxygens (including phenoxy) is 1. The van der Waals surface area contributed by atoms with Crippen molar-refractivity contribution < 1.29 is 58.1 Å². The number of hydrogen-bond acceptors (Lipinski definition) is 11. The fourth-order valence-corrected chi connectivity index (χ4v) is 7.36. The molecule has 12 N–H and O–H groups in total. The van der Waals surface area contributed by atoms with E-state index < -0.39 is 120 Å². The van der Waals surface area contributed by atoms with Crippen molar-refractivity contribution >= 4 is 59.2 Å². The number of nitrogens with one attached hydrogen (secondary N) is 6. The standard InChI is InChI=1S/C49H74N10O12/c1-10-27(2)24-37-46(66)58-38(48(69)70)26-40(60)54-35(17-14-22-52-49(50)51)45(65)55-34(19-18-28(3)23-29(4)39(71-9)25-33-15-12-11-13-16-33)30(5)42(62)56-36(47(67)68)20-21-41(61)59(8)32(7)44(64)53-31(6)43(63)57-37/h11-13,15-16,18-19,23,27,29-31,34-39H,7,10,14,17,20-22,24-26H2,1-6,8-9H3,(H,53,64)(H,54,60)(H,55,65)(H,56,62)(H,57,63)(H,58,66)(H,67,68)(H,69,70)(H4,50,51,52). The lowest BCUT2D eigenvalue weighted by Gasteiger charge is -2.27. The van der Waals surface area contributed by atoms with Gasteiger partial charge in [-0.3, -0.25) is 38.6 Å². The van der Waals surface area contributed by atoms with Gasteiger partial charge in [-0.05, 0) is 57.4 Å². The van der Waals surface area contributed by atoms with E-state index >= 15 is 0 Å². The summed E-state index contributed by atoms with van der Waals surface area (Å²) in [5, 5.41) is 35.3. The number of rotatable bonds is 16. The van der Waals surface area contributed by atoms with E-state index in [-0.39, 0.29) is 49.7 Å². The second-order valence-corrected chi connectivity index (χ2v) is 17.9. The topological polar surface area (TPSA) is 343 Å². The number of allylic oxidation sites excluding steroid dienone is 2. The molecular formula is C49H74N10O12. The Morgan fingerprint density at radius 3 is 2.10 bits per heavy atom. The van der Waals surface area contributed by atoms with Crippen LogP contribution in [-0.2, 0) is 54.3 Å². The molecule has 7 amide bonds. The van der Waals surface area contributed by atoms with Crippen LogP contribution in [0.15, 0.2) is 71.4 Å². The van der Waals surface area contributed by atoms with Gasteiger partial charge in [0, 0.05) is 33.0 Å². The molecule has 0 spiro atoms. The molecule has 392 valence electrons. The lowest BCUT2D eigenvalue weighted by atomic mass is 9.94. The molecule has 0 aromatic heterocycles. The average molecular weight is 995 g/mol. The number of guanidine groups is 1. The highest BCUT2D eigenvalue weighted by Gasteiger charge is 2.34. The first-order valence-corrected chi connectivity index (χ1v) is 23.6. The van der Waals surface area contributed by atoms with Gasteiger partial charge in [-0.1, -0.05) is 94.8 Å². The smallest absolute Gasteiger partial charge is 0.326 e. The van der Waals surface area contributed by atoms with Gasteiger partial charge in [0.05, 0.1) is 24.5 Å². The number of aliphatic imine (C=N–C) groups is 1. The quantitative estimate of drug-likeness (QED) is 0.0360. The lowest BCUT2D eigenvalue weighted by molar-refractivity contribution is -0.144. The van der Waals surface area contributed by atoms with Gasteiger partial charge in [0.15, 0.2) is 5.96 Å². The van der Waals surface area contributed by atoms with Gasteiger partial charge < -0.3 is 63.2 Å². The first-order chi connectivity index (χ1) is 33.4. The van der Waals surface area contributed by atoms with E-state index in [0.29, 0.717) is 18.4 Å². The van der Waals surface area contributed by atoms with Crippen LogP contribution in [-0.4, -0.2) is 137 Å². The number of carbonyl (C=O) groups excluding carboxylic acids is 7. The SMILES string of the molecule is C=C1C(=O)NC(C)C(=O)NC(CC(C)CC)C(=O)NC(C(=O)O)CC(=O)NC(CCCN=C(N)N)C(=O)NC(C=CC(C)=CC(C)C(Cc2ccccc2)OC)C(C)C(=O)NC(C(=O)O)CCC(=O)N1C. The zero-order valence-corrected chi connectivity index (χ0v) is 42.0. The fourth-order valence-electron chi connectivity index (χ4n) is 7.36. The first kappa shape index (κ1) is 60.0. The van der Waals surface area contributed by atoms with Crippen LogP contribution in [0.1, 0.15) is 92.1 Å². The maximum Gasteiger partial charge on any atom is 0.326 e. The van der Waals surface area contributed by atoms with Crippen LogP contribution in [0.2, 0.25) is 0 Å². The molecule has 1 aromatic carbocycles. The summed E-state index contributed by atoms with van der Waals surface area (Å²) in [7, 11) is 2.83. The summed E-state index contributed by atoms with van der Waals surface area (Å²) < 4.78 is 5.81. The second kappa shape index (κ2) is 29.8. The van der Waals surface area contributed by atoms with Crippen LogP contribution in [0.25, 0.3) is 0 Å². The molecule has 1 saturated heterocycles. The molecule has 0 saturated carbocycles. The Balaban J connectivity index is 2.70. The maximum absolute atomic E-state index is 14.3. The van der Waals surface area contributed by atoms with E-state index in [1.807, 2.05) is 50.3 Å². The highest BCUT2D eigenvalue weighted by Crippen LogP contribution is 2.19. The van der Waals surface area contributed by atoms with Gasteiger partial charge in [-0.15, -0.1) is 0 Å². The van der Waals surface area contributed by atoms with E-state index in [1.165, 1.54) is 27.0 Å². The Hall–Kier alpha value is -7.10. The van der Waals surface area contributed by atoms with Crippen molar-refractivity contribution in [3.63, 3.8) is 0 Å². The Labute approximate surface area is 415 Å². The molecule has 1 heterocycles. The first-order valence-electron chi connectivity index (χ1n) is 23.6. The van der Waals surface area contributed by atoms with Crippen molar-refractivity contribution in [1.29, 1.82) is 0 Å². The van der Waals surface area contributed by atoms with Crippen LogP contribution in [0, 0.1) is 17.8 Å². The van der Waals surface area contributed by atoms with Crippen molar-refractivity contribution in [2.24, 2.45) is 34.2 Å². The van der Waals surface area contributed by atoms with Gasteiger partial charge in [-0.2, -0.15) is 0 Å². The molecule has 0 bridgehead atoms. The third kappa shape index (κ3) is 20.8. The number of methoxy groups -OCH3 is 1. The summed E-state index contributed by atoms with van der Waals surface area (Å²) in [6, 6.07) is 1.08. The molecular weight excluding hydrogens is 921 g/mol. The normalized spacial score (nSPS) is 24.6. The fraction of sp³-hybridized carbons (Fsp3) is 0.551. The number of aliphatic carboxylic acids is 2. The Morgan fingerprint density at radius 2 is 1.51 bits per heavy atom. The summed E-state index contributed by atoms with van der Waals surface area (Å²) in [4.78, 5) is 125. The minimum atomic E-state index is -1.85. The lowest BCUT2D eigenvalue weighted by Crippen LogP contribution is -2.57. The third-order valence-corrected chi connectivity index (χ3v) is 12.1. The van der Waals surface area contributed by atoms with Crippen molar-refractivity contribution in [3.05, 3.63) is 72.0 Å². The molecule has 10 atom stereocenters. The van der Waals surface area contributed by atoms with E-state index in [4.69, 9.17) is 16.2 Å². The molecule has 2 rings (SSSR count). The zero-order valence-electron chi connectivity index (χ0n) is 42.0. The number of benzene rings is 1. The zero-order chi connectivity index (χ0) is 53.5. The van der Waals surface area contributed by atoms with E-state index in [0.717, 1.165) is 10.5 Å². The number of carbonyl (C=O) groups is 9. The minimum Gasteiger partial charge on any atom is -0.480 e. The summed E-state index contributed by atoms with van der Waals surface area (Å²) in [5.74, 6) is -10.9. The predicted molar refractivity (Wildman–Crippen MR) is 264 cm³/mol. The minimum absolute atomic E-state index is 0.0292. The molecule has 71 heavy (non-hydrogen) atoms. The number of nitrogens with zero attached hydrogens (tertiary/aromatic N) is 2. The van der Waals surface area contributed by atoms with E-state index in [2.05, 4.69) is 43.5 Å². The summed E-state index contributed by atoms with van der Waals surface area (Å²) in [6.07, 6.45) is 4.39. The Kier molecular flexibility index (Phi) is 25.2. The van der Waals surface area contributed by atoms with Crippen LogP contribution in [0.4, 0.5) is 0 Å². The number of carboxylic acids is 2. The molecule has 22 heteroatoms.